The van der Waals surface area contributed by atoms with Crippen LogP contribution in [0.15, 0.2) is 16.3 Å². The molecule has 0 unspecified atom stereocenters. The average molecular weight is 375 g/mol. The van der Waals surface area contributed by atoms with E-state index >= 15 is 0 Å². The summed E-state index contributed by atoms with van der Waals surface area (Å²) in [5.74, 6) is 2.77. The Balaban J connectivity index is 2.09. The number of hydrogen-bond acceptors (Lipinski definition) is 8. The van der Waals surface area contributed by atoms with Crippen LogP contribution in [0.1, 0.15) is 19.8 Å². The molecule has 2 fully saturated rings. The molecular formula is C15H22N2O3S3. The van der Waals surface area contributed by atoms with Crippen LogP contribution in [-0.2, 0) is 9.53 Å². The first kappa shape index (κ1) is 17.5. The summed E-state index contributed by atoms with van der Waals surface area (Å²) in [6.45, 7) is 2.80. The number of fused-ring (bicyclic) bond motifs is 2. The van der Waals surface area contributed by atoms with Crippen LogP contribution in [0.5, 0.6) is 0 Å². The molecule has 0 aromatic heterocycles. The van der Waals surface area contributed by atoms with Gasteiger partial charge >= 0.3 is 5.97 Å². The van der Waals surface area contributed by atoms with Crippen molar-refractivity contribution in [3.63, 3.8) is 0 Å². The van der Waals surface area contributed by atoms with Crippen molar-refractivity contribution in [2.45, 2.75) is 29.9 Å². The van der Waals surface area contributed by atoms with Gasteiger partial charge in [-0.2, -0.15) is 0 Å². The monoisotopic (exact) mass is 374 g/mol. The molecule has 0 aromatic carbocycles. The third-order valence-electron chi connectivity index (χ3n) is 4.19. The second-order valence-corrected chi connectivity index (χ2v) is 9.78. The molecule has 1 N–H and O–H groups in total. The lowest BCUT2D eigenvalue weighted by atomic mass is 10.0. The van der Waals surface area contributed by atoms with Gasteiger partial charge in [0.05, 0.1) is 25.0 Å². The number of amidine groups is 1. The highest BCUT2D eigenvalue weighted by Gasteiger charge is 2.51. The van der Waals surface area contributed by atoms with E-state index in [1.807, 2.05) is 23.5 Å². The largest absolute Gasteiger partial charge is 0.466 e. The van der Waals surface area contributed by atoms with Gasteiger partial charge in [0.1, 0.15) is 10.1 Å². The molecule has 1 atom stereocenters. The Labute approximate surface area is 149 Å². The van der Waals surface area contributed by atoms with Gasteiger partial charge in [-0.15, -0.1) is 23.5 Å². The van der Waals surface area contributed by atoms with Gasteiger partial charge in [0.15, 0.2) is 5.17 Å². The van der Waals surface area contributed by atoms with E-state index in [1.54, 1.807) is 11.8 Å². The minimum atomic E-state index is -0.513. The molecule has 0 aromatic rings. The maximum absolute atomic E-state index is 12.5. The van der Waals surface area contributed by atoms with Crippen LogP contribution in [0.4, 0.5) is 0 Å². The lowest BCUT2D eigenvalue weighted by Gasteiger charge is -2.39. The molecule has 3 aliphatic rings. The normalized spacial score (nSPS) is 26.3. The van der Waals surface area contributed by atoms with Crippen LogP contribution in [0.3, 0.4) is 0 Å². The number of ether oxygens (including phenoxy) is 1. The zero-order chi connectivity index (χ0) is 16.4. The molecular weight excluding hydrogens is 352 g/mol. The smallest absolute Gasteiger partial charge is 0.337 e. The molecule has 8 heteroatoms. The lowest BCUT2D eigenvalue weighted by Crippen LogP contribution is -2.41. The summed E-state index contributed by atoms with van der Waals surface area (Å²) in [7, 11) is 1.40. The fourth-order valence-electron chi connectivity index (χ4n) is 3.24. The maximum atomic E-state index is 12.5. The predicted molar refractivity (Wildman–Crippen MR) is 99.1 cm³/mol. The van der Waals surface area contributed by atoms with Crippen LogP contribution in [0.2, 0.25) is 0 Å². The van der Waals surface area contributed by atoms with Gasteiger partial charge in [0, 0.05) is 6.54 Å². The van der Waals surface area contributed by atoms with Crippen LogP contribution in [0, 0.1) is 0 Å². The summed E-state index contributed by atoms with van der Waals surface area (Å²) in [4.78, 5) is 19.3. The van der Waals surface area contributed by atoms with Crippen molar-refractivity contribution < 1.29 is 14.6 Å². The molecule has 128 valence electrons. The molecule has 5 nitrogen and oxygen atoms in total. The number of thioether (sulfide) groups is 3. The maximum Gasteiger partial charge on any atom is 0.337 e. The van der Waals surface area contributed by atoms with Crippen LogP contribution < -0.4 is 0 Å². The van der Waals surface area contributed by atoms with Crippen molar-refractivity contribution in [1.82, 2.24) is 4.90 Å². The first-order chi connectivity index (χ1) is 11.2. The van der Waals surface area contributed by atoms with Crippen molar-refractivity contribution in [1.29, 1.82) is 0 Å². The number of carbonyl (C=O) groups is 1. The highest BCUT2D eigenvalue weighted by atomic mass is 32.2. The number of esters is 1. The highest BCUT2D eigenvalue weighted by molar-refractivity contribution is 8.19. The number of aliphatic hydroxyl groups excluding tert-OH is 1. The standard InChI is InChI=1S/C15H22N2O3S3/c1-3-21-14-16-10(9-18)11(13(19)20-2)12-15(5-6-17(12)14)22-7-4-8-23-15/h10,18H,3-9H2,1-2H3/t10-/m1/s1. The second-order valence-electron chi connectivity index (χ2n) is 5.50. The number of carbonyl (C=O) groups excluding carboxylic acids is 1. The Morgan fingerprint density at radius 3 is 2.87 bits per heavy atom. The summed E-state index contributed by atoms with van der Waals surface area (Å²) in [5.41, 5.74) is 1.58. The Morgan fingerprint density at radius 1 is 1.52 bits per heavy atom. The summed E-state index contributed by atoms with van der Waals surface area (Å²) in [6.07, 6.45) is 2.20. The number of methoxy groups -OCH3 is 1. The zero-order valence-electron chi connectivity index (χ0n) is 13.4. The van der Waals surface area contributed by atoms with E-state index in [2.05, 4.69) is 16.8 Å². The Hall–Kier alpha value is -0.310. The molecule has 1 spiro atoms. The van der Waals surface area contributed by atoms with E-state index < -0.39 is 6.04 Å². The molecule has 3 heterocycles. The molecule has 3 aliphatic heterocycles. The molecule has 0 saturated carbocycles. The minimum absolute atomic E-state index is 0.0926. The summed E-state index contributed by atoms with van der Waals surface area (Å²) in [5, 5.41) is 10.7. The van der Waals surface area contributed by atoms with Crippen LogP contribution >= 0.6 is 35.3 Å². The van der Waals surface area contributed by atoms with E-state index in [-0.39, 0.29) is 16.7 Å². The van der Waals surface area contributed by atoms with Gasteiger partial charge in [0.2, 0.25) is 0 Å². The molecule has 0 bridgehead atoms. The fourth-order valence-corrected chi connectivity index (χ4v) is 7.47. The van der Waals surface area contributed by atoms with Gasteiger partial charge in [-0.3, -0.25) is 4.99 Å². The van der Waals surface area contributed by atoms with E-state index in [0.29, 0.717) is 5.57 Å². The van der Waals surface area contributed by atoms with Gasteiger partial charge in [-0.1, -0.05) is 18.7 Å². The van der Waals surface area contributed by atoms with E-state index in [9.17, 15) is 9.90 Å². The molecule has 2 saturated heterocycles. The van der Waals surface area contributed by atoms with E-state index in [1.165, 1.54) is 13.5 Å². The molecule has 3 rings (SSSR count). The van der Waals surface area contributed by atoms with Crippen molar-refractivity contribution in [2.24, 2.45) is 4.99 Å². The van der Waals surface area contributed by atoms with Crippen molar-refractivity contribution in [3.8, 4) is 0 Å². The summed E-state index contributed by atoms with van der Waals surface area (Å²) >= 11 is 5.54. The SMILES string of the molecule is CCSC1=N[C@H](CO)C(C(=O)OC)=C2N1CCC21SCCCS1. The van der Waals surface area contributed by atoms with Crippen molar-refractivity contribution in [3.05, 3.63) is 11.3 Å². The second kappa shape index (κ2) is 7.29. The summed E-state index contributed by atoms with van der Waals surface area (Å²) in [6, 6.07) is -0.513. The van der Waals surface area contributed by atoms with Crippen molar-refractivity contribution >= 4 is 46.4 Å². The average Bonchev–Trinajstić information content (AvgIpc) is 2.94. The first-order valence-corrected chi connectivity index (χ1v) is 10.8. The Kier molecular flexibility index (Phi) is 5.55. The van der Waals surface area contributed by atoms with Crippen LogP contribution in [-0.4, -0.2) is 68.8 Å². The van der Waals surface area contributed by atoms with E-state index in [4.69, 9.17) is 4.74 Å². The number of hydrogen-bond donors (Lipinski definition) is 1. The Morgan fingerprint density at radius 2 is 2.26 bits per heavy atom. The number of nitrogens with zero attached hydrogens (tertiary/aromatic N) is 2. The van der Waals surface area contributed by atoms with Crippen LogP contribution in [0.25, 0.3) is 0 Å². The molecule has 0 radical (unpaired) electrons. The number of aliphatic imine (C=N–C) groups is 1. The number of rotatable bonds is 3. The van der Waals surface area contributed by atoms with E-state index in [0.717, 1.165) is 41.1 Å². The third-order valence-corrected chi connectivity index (χ3v) is 8.48. The molecule has 0 aliphatic carbocycles. The van der Waals surface area contributed by atoms with Gasteiger partial charge < -0.3 is 14.7 Å². The predicted octanol–water partition coefficient (Wildman–Crippen LogP) is 2.17. The molecule has 23 heavy (non-hydrogen) atoms. The van der Waals surface area contributed by atoms with Gasteiger partial charge in [-0.05, 0) is 30.1 Å². The minimum Gasteiger partial charge on any atom is -0.466 e. The fraction of sp³-hybridized carbons (Fsp3) is 0.733. The zero-order valence-corrected chi connectivity index (χ0v) is 15.9. The summed E-state index contributed by atoms with van der Waals surface area (Å²) < 4.78 is 4.94. The Bertz CT molecular complexity index is 544. The number of aliphatic hydroxyl groups is 1. The van der Waals surface area contributed by atoms with Gasteiger partial charge in [0.25, 0.3) is 0 Å². The van der Waals surface area contributed by atoms with Crippen molar-refractivity contribution in [2.75, 3.05) is 37.5 Å². The first-order valence-electron chi connectivity index (χ1n) is 7.86. The highest BCUT2D eigenvalue weighted by Crippen LogP contribution is 2.56. The topological polar surface area (TPSA) is 62.1 Å². The van der Waals surface area contributed by atoms with Gasteiger partial charge in [-0.25, -0.2) is 4.79 Å². The quantitative estimate of drug-likeness (QED) is 0.760. The molecule has 0 amide bonds. The third kappa shape index (κ3) is 3.03. The lowest BCUT2D eigenvalue weighted by molar-refractivity contribution is -0.136.